The van der Waals surface area contributed by atoms with Gasteiger partial charge in [0.1, 0.15) is 0 Å². The largest absolute Gasteiger partial charge is 0.466 e. The van der Waals surface area contributed by atoms with E-state index in [4.69, 9.17) is 4.74 Å². The maximum Gasteiger partial charge on any atom is 0.309 e. The smallest absolute Gasteiger partial charge is 0.309 e. The molecule has 2 aliphatic heterocycles. The lowest BCUT2D eigenvalue weighted by Gasteiger charge is -2.30. The number of hydrogen-bond acceptors (Lipinski definition) is 5. The minimum absolute atomic E-state index is 0.0270. The van der Waals surface area contributed by atoms with Crippen molar-refractivity contribution in [3.8, 4) is 0 Å². The van der Waals surface area contributed by atoms with Gasteiger partial charge in [-0.1, -0.05) is 30.3 Å². The lowest BCUT2D eigenvalue weighted by Crippen LogP contribution is -2.42. The molecular weight excluding hydrogens is 318 g/mol. The summed E-state index contributed by atoms with van der Waals surface area (Å²) in [6, 6.07) is 9.98. The number of likely N-dealkylation sites (tertiary alicyclic amines) is 1. The number of hydrazone groups is 1. The van der Waals surface area contributed by atoms with Gasteiger partial charge in [0.2, 0.25) is 0 Å². The van der Waals surface area contributed by atoms with E-state index in [0.29, 0.717) is 19.7 Å². The van der Waals surface area contributed by atoms with Crippen LogP contribution in [0.2, 0.25) is 0 Å². The van der Waals surface area contributed by atoms with Crippen LogP contribution in [-0.2, 0) is 14.3 Å². The summed E-state index contributed by atoms with van der Waals surface area (Å²) in [5.74, 6) is -0.105. The molecule has 0 radical (unpaired) electrons. The first kappa shape index (κ1) is 17.6. The van der Waals surface area contributed by atoms with E-state index in [1.165, 1.54) is 0 Å². The summed E-state index contributed by atoms with van der Waals surface area (Å²) >= 11 is 0. The van der Waals surface area contributed by atoms with Gasteiger partial charge in [-0.05, 0) is 38.4 Å². The Morgan fingerprint density at radius 1 is 1.16 bits per heavy atom. The molecule has 3 rings (SSSR count). The first-order valence-electron chi connectivity index (χ1n) is 8.99. The minimum Gasteiger partial charge on any atom is -0.466 e. The highest BCUT2D eigenvalue weighted by Gasteiger charge is 2.29. The molecule has 0 atom stereocenters. The van der Waals surface area contributed by atoms with Crippen molar-refractivity contribution in [2.24, 2.45) is 11.0 Å². The van der Waals surface area contributed by atoms with Crippen molar-refractivity contribution in [3.05, 3.63) is 35.9 Å². The summed E-state index contributed by atoms with van der Waals surface area (Å²) in [4.78, 5) is 26.4. The third-order valence-corrected chi connectivity index (χ3v) is 4.76. The predicted molar refractivity (Wildman–Crippen MR) is 95.1 cm³/mol. The number of benzene rings is 1. The van der Waals surface area contributed by atoms with Gasteiger partial charge in [-0.2, -0.15) is 5.10 Å². The summed E-state index contributed by atoms with van der Waals surface area (Å²) in [6.07, 6.45) is 2.30. The number of carbonyl (C=O) groups excluding carboxylic acids is 2. The number of rotatable bonds is 5. The number of amides is 1. The van der Waals surface area contributed by atoms with Gasteiger partial charge >= 0.3 is 5.97 Å². The fourth-order valence-corrected chi connectivity index (χ4v) is 3.33. The zero-order chi connectivity index (χ0) is 17.6. The monoisotopic (exact) mass is 343 g/mol. The standard InChI is InChI=1S/C19H25N3O3/c1-2-25-19(24)16-8-11-21(12-9-16)14-18(23)22-13-10-17(20-22)15-6-4-3-5-7-15/h3-7,16H,2,8-14H2,1H3. The van der Waals surface area contributed by atoms with Crippen molar-refractivity contribution in [2.45, 2.75) is 26.2 Å². The normalized spacial score (nSPS) is 18.9. The van der Waals surface area contributed by atoms with E-state index in [2.05, 4.69) is 10.0 Å². The van der Waals surface area contributed by atoms with Crippen LogP contribution in [-0.4, -0.2) is 60.3 Å². The lowest BCUT2D eigenvalue weighted by molar-refractivity contribution is -0.149. The summed E-state index contributed by atoms with van der Waals surface area (Å²) < 4.78 is 5.08. The second-order valence-electron chi connectivity index (χ2n) is 6.48. The van der Waals surface area contributed by atoms with Crippen LogP contribution >= 0.6 is 0 Å². The van der Waals surface area contributed by atoms with E-state index < -0.39 is 0 Å². The average molecular weight is 343 g/mol. The second-order valence-corrected chi connectivity index (χ2v) is 6.48. The molecule has 0 spiro atoms. The highest BCUT2D eigenvalue weighted by molar-refractivity contribution is 6.02. The fourth-order valence-electron chi connectivity index (χ4n) is 3.33. The molecule has 1 saturated heterocycles. The zero-order valence-electron chi connectivity index (χ0n) is 14.7. The van der Waals surface area contributed by atoms with Gasteiger partial charge in [-0.15, -0.1) is 0 Å². The summed E-state index contributed by atoms with van der Waals surface area (Å²) in [7, 11) is 0. The summed E-state index contributed by atoms with van der Waals surface area (Å²) in [5, 5.41) is 6.07. The van der Waals surface area contributed by atoms with Gasteiger partial charge in [0.05, 0.1) is 31.3 Å². The number of esters is 1. The van der Waals surface area contributed by atoms with E-state index in [-0.39, 0.29) is 17.8 Å². The molecule has 134 valence electrons. The molecule has 25 heavy (non-hydrogen) atoms. The molecule has 0 unspecified atom stereocenters. The van der Waals surface area contributed by atoms with Crippen LogP contribution in [0.5, 0.6) is 0 Å². The molecule has 0 N–H and O–H groups in total. The van der Waals surface area contributed by atoms with Gasteiger partial charge < -0.3 is 4.74 Å². The highest BCUT2D eigenvalue weighted by Crippen LogP contribution is 2.19. The van der Waals surface area contributed by atoms with Crippen LogP contribution < -0.4 is 0 Å². The Bertz CT molecular complexity index is 637. The van der Waals surface area contributed by atoms with Crippen LogP contribution in [0.15, 0.2) is 35.4 Å². The third kappa shape index (κ3) is 4.45. The Kier molecular flexibility index (Phi) is 5.81. The average Bonchev–Trinajstić information content (AvgIpc) is 3.13. The molecule has 0 aliphatic carbocycles. The molecule has 0 aromatic heterocycles. The fraction of sp³-hybridized carbons (Fsp3) is 0.526. The first-order valence-corrected chi connectivity index (χ1v) is 8.99. The van der Waals surface area contributed by atoms with Crippen molar-refractivity contribution in [1.29, 1.82) is 0 Å². The first-order chi connectivity index (χ1) is 12.2. The number of piperidine rings is 1. The van der Waals surface area contributed by atoms with Gasteiger partial charge in [0, 0.05) is 6.42 Å². The molecule has 0 saturated carbocycles. The Labute approximate surface area is 148 Å². The molecule has 2 heterocycles. The van der Waals surface area contributed by atoms with Crippen molar-refractivity contribution in [2.75, 3.05) is 32.8 Å². The zero-order valence-corrected chi connectivity index (χ0v) is 14.7. The van der Waals surface area contributed by atoms with Crippen LogP contribution in [0, 0.1) is 5.92 Å². The Balaban J connectivity index is 1.49. The van der Waals surface area contributed by atoms with Crippen molar-refractivity contribution >= 4 is 17.6 Å². The predicted octanol–water partition coefficient (Wildman–Crippen LogP) is 1.90. The lowest BCUT2D eigenvalue weighted by atomic mass is 9.97. The summed E-state index contributed by atoms with van der Waals surface area (Å²) in [6.45, 7) is 4.75. The van der Waals surface area contributed by atoms with Crippen molar-refractivity contribution < 1.29 is 14.3 Å². The topological polar surface area (TPSA) is 62.2 Å². The molecule has 1 aromatic carbocycles. The molecule has 1 fully saturated rings. The Hall–Kier alpha value is -2.21. The minimum atomic E-state index is -0.106. The maximum absolute atomic E-state index is 12.5. The van der Waals surface area contributed by atoms with E-state index >= 15 is 0 Å². The number of hydrogen-bond donors (Lipinski definition) is 0. The Morgan fingerprint density at radius 2 is 1.88 bits per heavy atom. The molecular formula is C19H25N3O3. The van der Waals surface area contributed by atoms with E-state index in [1.807, 2.05) is 37.3 Å². The highest BCUT2D eigenvalue weighted by atomic mass is 16.5. The van der Waals surface area contributed by atoms with Gasteiger partial charge in [0.15, 0.2) is 0 Å². The van der Waals surface area contributed by atoms with Crippen molar-refractivity contribution in [3.63, 3.8) is 0 Å². The van der Waals surface area contributed by atoms with Crippen LogP contribution in [0.25, 0.3) is 0 Å². The molecule has 1 aromatic rings. The van der Waals surface area contributed by atoms with E-state index in [0.717, 1.165) is 43.6 Å². The number of carbonyl (C=O) groups is 2. The van der Waals surface area contributed by atoms with E-state index in [1.54, 1.807) is 5.01 Å². The third-order valence-electron chi connectivity index (χ3n) is 4.76. The Morgan fingerprint density at radius 3 is 2.56 bits per heavy atom. The molecule has 1 amide bonds. The molecule has 6 nitrogen and oxygen atoms in total. The van der Waals surface area contributed by atoms with E-state index in [9.17, 15) is 9.59 Å². The summed E-state index contributed by atoms with van der Waals surface area (Å²) in [5.41, 5.74) is 2.04. The van der Waals surface area contributed by atoms with Gasteiger partial charge in [-0.25, -0.2) is 5.01 Å². The van der Waals surface area contributed by atoms with Crippen LogP contribution in [0.3, 0.4) is 0 Å². The maximum atomic E-state index is 12.5. The van der Waals surface area contributed by atoms with Crippen LogP contribution in [0.1, 0.15) is 31.7 Å². The second kappa shape index (κ2) is 8.25. The van der Waals surface area contributed by atoms with Crippen LogP contribution in [0.4, 0.5) is 0 Å². The molecule has 2 aliphatic rings. The SMILES string of the molecule is CCOC(=O)C1CCN(CC(=O)N2CCC(c3ccccc3)=N2)CC1. The van der Waals surface area contributed by atoms with Crippen molar-refractivity contribution in [1.82, 2.24) is 9.91 Å². The number of ether oxygens (including phenoxy) is 1. The molecule has 6 heteroatoms. The van der Waals surface area contributed by atoms with Gasteiger partial charge in [-0.3, -0.25) is 14.5 Å². The quantitative estimate of drug-likeness (QED) is 0.766. The number of nitrogens with zero attached hydrogens (tertiary/aromatic N) is 3. The molecule has 0 bridgehead atoms. The van der Waals surface area contributed by atoms with Gasteiger partial charge in [0.25, 0.3) is 5.91 Å².